The summed E-state index contributed by atoms with van der Waals surface area (Å²) in [4.78, 5) is 4.05. The Balaban J connectivity index is 1.98. The lowest BCUT2D eigenvalue weighted by molar-refractivity contribution is 0.0961. The van der Waals surface area contributed by atoms with Gasteiger partial charge < -0.3 is 9.84 Å². The molecule has 0 atom stereocenters. The maximum Gasteiger partial charge on any atom is 0.143 e. The van der Waals surface area contributed by atoms with Gasteiger partial charge in [-0.05, 0) is 37.2 Å². The Kier molecular flexibility index (Phi) is 3.67. The van der Waals surface area contributed by atoms with E-state index >= 15 is 0 Å². The largest absolute Gasteiger partial charge is 0.488 e. The molecule has 3 heteroatoms. The number of rotatable bonds is 3. The van der Waals surface area contributed by atoms with Crippen LogP contribution in [0.2, 0.25) is 0 Å². The molecule has 0 amide bonds. The fourth-order valence-electron chi connectivity index (χ4n) is 2.32. The minimum atomic E-state index is 0.00999. The van der Waals surface area contributed by atoms with E-state index in [9.17, 15) is 5.11 Å². The zero-order valence-corrected chi connectivity index (χ0v) is 10.6. The SMILES string of the molecule is CC1(C)CCC(Oc2cnccc2CO)CC1. The summed E-state index contributed by atoms with van der Waals surface area (Å²) in [5.74, 6) is 0.736. The van der Waals surface area contributed by atoms with Crippen LogP contribution in [0, 0.1) is 5.41 Å². The van der Waals surface area contributed by atoms with Crippen LogP contribution in [0.5, 0.6) is 5.75 Å². The van der Waals surface area contributed by atoms with Gasteiger partial charge in [0, 0.05) is 11.8 Å². The Bertz CT molecular complexity index is 366. The zero-order chi connectivity index (χ0) is 12.3. The average Bonchev–Trinajstić information content (AvgIpc) is 2.32. The van der Waals surface area contributed by atoms with Crippen LogP contribution in [0.3, 0.4) is 0 Å². The minimum absolute atomic E-state index is 0.00999. The lowest BCUT2D eigenvalue weighted by Gasteiger charge is -2.34. The number of ether oxygens (including phenoxy) is 1. The van der Waals surface area contributed by atoms with Crippen LogP contribution in [-0.4, -0.2) is 16.2 Å². The average molecular weight is 235 g/mol. The summed E-state index contributed by atoms with van der Waals surface area (Å²) in [6, 6.07) is 1.81. The number of aliphatic hydroxyl groups is 1. The van der Waals surface area contributed by atoms with Crippen molar-refractivity contribution in [3.63, 3.8) is 0 Å². The second-order valence-electron chi connectivity index (χ2n) is 5.62. The van der Waals surface area contributed by atoms with E-state index in [1.807, 2.05) is 6.07 Å². The van der Waals surface area contributed by atoms with Crippen LogP contribution < -0.4 is 4.74 Å². The van der Waals surface area contributed by atoms with Crippen molar-refractivity contribution in [1.82, 2.24) is 4.98 Å². The molecule has 17 heavy (non-hydrogen) atoms. The Labute approximate surface area is 103 Å². The standard InChI is InChI=1S/C14H21NO2/c1-14(2)6-3-12(4-7-14)17-13-9-15-8-5-11(13)10-16/h5,8-9,12,16H,3-4,6-7,10H2,1-2H3. The molecule has 1 fully saturated rings. The number of aromatic nitrogens is 1. The third-order valence-corrected chi connectivity index (χ3v) is 3.62. The maximum absolute atomic E-state index is 9.22. The van der Waals surface area contributed by atoms with Gasteiger partial charge in [-0.1, -0.05) is 13.8 Å². The van der Waals surface area contributed by atoms with Gasteiger partial charge in [0.15, 0.2) is 0 Å². The predicted octanol–water partition coefficient (Wildman–Crippen LogP) is 2.92. The van der Waals surface area contributed by atoms with Crippen molar-refractivity contribution in [2.45, 2.75) is 52.2 Å². The van der Waals surface area contributed by atoms with E-state index in [1.165, 1.54) is 12.8 Å². The van der Waals surface area contributed by atoms with Gasteiger partial charge in [0.25, 0.3) is 0 Å². The monoisotopic (exact) mass is 235 g/mol. The second-order valence-corrected chi connectivity index (χ2v) is 5.62. The highest BCUT2D eigenvalue weighted by atomic mass is 16.5. The molecule has 1 heterocycles. The van der Waals surface area contributed by atoms with Crippen molar-refractivity contribution in [3.05, 3.63) is 24.0 Å². The molecule has 0 spiro atoms. The summed E-state index contributed by atoms with van der Waals surface area (Å²) in [5, 5.41) is 9.22. The van der Waals surface area contributed by atoms with Crippen LogP contribution in [0.15, 0.2) is 18.5 Å². The van der Waals surface area contributed by atoms with E-state index in [-0.39, 0.29) is 12.7 Å². The molecule has 2 rings (SSSR count). The van der Waals surface area contributed by atoms with Gasteiger partial charge >= 0.3 is 0 Å². The topological polar surface area (TPSA) is 42.4 Å². The van der Waals surface area contributed by atoms with E-state index < -0.39 is 0 Å². The number of pyridine rings is 1. The number of hydrogen-bond donors (Lipinski definition) is 1. The third kappa shape index (κ3) is 3.19. The van der Waals surface area contributed by atoms with Crippen LogP contribution >= 0.6 is 0 Å². The normalized spacial score (nSPS) is 20.2. The minimum Gasteiger partial charge on any atom is -0.488 e. The first-order valence-electron chi connectivity index (χ1n) is 6.31. The smallest absolute Gasteiger partial charge is 0.143 e. The molecule has 0 aliphatic heterocycles. The Morgan fingerprint density at radius 2 is 2.12 bits per heavy atom. The first-order chi connectivity index (χ1) is 8.11. The highest BCUT2D eigenvalue weighted by Gasteiger charge is 2.28. The molecule has 1 aromatic heterocycles. The molecule has 1 N–H and O–H groups in total. The summed E-state index contributed by atoms with van der Waals surface area (Å²) in [6.45, 7) is 4.63. The van der Waals surface area contributed by atoms with Gasteiger partial charge in [-0.25, -0.2) is 0 Å². The summed E-state index contributed by atoms with van der Waals surface area (Å²) in [5.41, 5.74) is 1.28. The zero-order valence-electron chi connectivity index (χ0n) is 10.6. The number of hydrogen-bond acceptors (Lipinski definition) is 3. The third-order valence-electron chi connectivity index (χ3n) is 3.62. The second kappa shape index (κ2) is 5.05. The summed E-state index contributed by atoms with van der Waals surface area (Å²) in [7, 11) is 0. The van der Waals surface area contributed by atoms with Crippen molar-refractivity contribution >= 4 is 0 Å². The Hall–Kier alpha value is -1.09. The molecule has 0 aromatic carbocycles. The van der Waals surface area contributed by atoms with E-state index in [4.69, 9.17) is 4.74 Å². The molecule has 0 unspecified atom stereocenters. The molecule has 0 radical (unpaired) electrons. The van der Waals surface area contributed by atoms with Gasteiger partial charge in [-0.3, -0.25) is 4.98 Å². The fourth-order valence-corrected chi connectivity index (χ4v) is 2.32. The Morgan fingerprint density at radius 3 is 2.76 bits per heavy atom. The van der Waals surface area contributed by atoms with Crippen LogP contribution in [0.25, 0.3) is 0 Å². The summed E-state index contributed by atoms with van der Waals surface area (Å²) < 4.78 is 5.95. The van der Waals surface area contributed by atoms with Crippen LogP contribution in [0.4, 0.5) is 0 Å². The van der Waals surface area contributed by atoms with Crippen LogP contribution in [0.1, 0.15) is 45.1 Å². The van der Waals surface area contributed by atoms with Crippen molar-refractivity contribution < 1.29 is 9.84 Å². The molecule has 1 aromatic rings. The van der Waals surface area contributed by atoms with Gasteiger partial charge in [0.1, 0.15) is 5.75 Å². The van der Waals surface area contributed by atoms with E-state index in [1.54, 1.807) is 12.4 Å². The van der Waals surface area contributed by atoms with Gasteiger partial charge in [-0.15, -0.1) is 0 Å². The molecule has 94 valence electrons. The molecule has 0 saturated heterocycles. The van der Waals surface area contributed by atoms with Gasteiger partial charge in [-0.2, -0.15) is 0 Å². The number of aliphatic hydroxyl groups excluding tert-OH is 1. The van der Waals surface area contributed by atoms with Gasteiger partial charge in [0.2, 0.25) is 0 Å². The lowest BCUT2D eigenvalue weighted by atomic mass is 9.76. The number of nitrogens with zero attached hydrogens (tertiary/aromatic N) is 1. The molecule has 1 aliphatic carbocycles. The fraction of sp³-hybridized carbons (Fsp3) is 0.643. The quantitative estimate of drug-likeness (QED) is 0.876. The molecular formula is C14H21NO2. The first-order valence-corrected chi connectivity index (χ1v) is 6.31. The van der Waals surface area contributed by atoms with Crippen molar-refractivity contribution in [2.24, 2.45) is 5.41 Å². The van der Waals surface area contributed by atoms with E-state index in [0.717, 1.165) is 24.2 Å². The molecule has 1 aliphatic rings. The maximum atomic E-state index is 9.22. The molecule has 3 nitrogen and oxygen atoms in total. The van der Waals surface area contributed by atoms with E-state index in [0.29, 0.717) is 5.41 Å². The Morgan fingerprint density at radius 1 is 1.41 bits per heavy atom. The lowest BCUT2D eigenvalue weighted by Crippen LogP contribution is -2.28. The summed E-state index contributed by atoms with van der Waals surface area (Å²) in [6.07, 6.45) is 8.24. The van der Waals surface area contributed by atoms with Gasteiger partial charge in [0.05, 0.1) is 18.9 Å². The highest BCUT2D eigenvalue weighted by Crippen LogP contribution is 2.36. The first kappa shape index (κ1) is 12.4. The van der Waals surface area contributed by atoms with Crippen molar-refractivity contribution in [1.29, 1.82) is 0 Å². The molecule has 1 saturated carbocycles. The van der Waals surface area contributed by atoms with Crippen molar-refractivity contribution in [3.8, 4) is 5.75 Å². The predicted molar refractivity (Wildman–Crippen MR) is 66.8 cm³/mol. The van der Waals surface area contributed by atoms with Crippen molar-refractivity contribution in [2.75, 3.05) is 0 Å². The van der Waals surface area contributed by atoms with Crippen LogP contribution in [-0.2, 0) is 6.61 Å². The summed E-state index contributed by atoms with van der Waals surface area (Å²) >= 11 is 0. The molecular weight excluding hydrogens is 214 g/mol. The van der Waals surface area contributed by atoms with E-state index in [2.05, 4.69) is 18.8 Å². The molecule has 0 bridgehead atoms. The highest BCUT2D eigenvalue weighted by molar-refractivity contribution is 5.29.